The molecule has 0 unspecified atom stereocenters. The van der Waals surface area contributed by atoms with Gasteiger partial charge in [-0.2, -0.15) is 0 Å². The second kappa shape index (κ2) is 10.1. The molecule has 0 fully saturated rings. The molecule has 0 spiro atoms. The van der Waals surface area contributed by atoms with E-state index >= 15 is 0 Å². The Hall–Kier alpha value is -4.70. The van der Waals surface area contributed by atoms with Crippen LogP contribution in [0.4, 0.5) is 0 Å². The van der Waals surface area contributed by atoms with E-state index in [1.165, 1.54) is 0 Å². The topological polar surface area (TPSA) is 40.6 Å². The van der Waals surface area contributed by atoms with Crippen LogP contribution in [0.25, 0.3) is 11.4 Å². The summed E-state index contributed by atoms with van der Waals surface area (Å²) in [6, 6.07) is 32.6. The van der Waals surface area contributed by atoms with Gasteiger partial charge in [-0.3, -0.25) is 9.59 Å². The van der Waals surface area contributed by atoms with Gasteiger partial charge in [0.2, 0.25) is 0 Å². The van der Waals surface area contributed by atoms with Gasteiger partial charge in [0.15, 0.2) is 0 Å². The van der Waals surface area contributed by atoms with Crippen LogP contribution in [0, 0.1) is 27.7 Å². The molecule has 2 aliphatic rings. The van der Waals surface area contributed by atoms with E-state index in [0.29, 0.717) is 35.6 Å². The second-order valence-corrected chi connectivity index (χ2v) is 10.9. The number of carbonyl (C=O) groups excluding carboxylic acids is 2. The number of hydrogen-bond donors (Lipinski definition) is 0. The van der Waals surface area contributed by atoms with Crippen LogP contribution in [-0.4, -0.2) is 21.6 Å². The molecule has 6 rings (SSSR count). The summed E-state index contributed by atoms with van der Waals surface area (Å²) in [5.41, 5.74) is 10.7. The number of fused-ring (bicyclic) bond motifs is 1. The lowest BCUT2D eigenvalue weighted by Crippen LogP contribution is -2.29. The van der Waals surface area contributed by atoms with Crippen LogP contribution < -0.4 is 0 Å². The van der Waals surface area contributed by atoms with Crippen molar-refractivity contribution in [3.8, 4) is 0 Å². The third-order valence-electron chi connectivity index (χ3n) is 7.75. The normalized spacial score (nSPS) is 15.0. The lowest BCUT2D eigenvalue weighted by atomic mass is 10.0. The molecular formula is C36H32N2O2. The molecule has 4 aromatic carbocycles. The maximum Gasteiger partial charge on any atom is 0.261 e. The molecule has 4 heteroatoms. The van der Waals surface area contributed by atoms with Crippen LogP contribution in [0.2, 0.25) is 0 Å². The minimum absolute atomic E-state index is 0.138. The molecule has 2 aliphatic heterocycles. The standard InChI is InChI=1S/C36H32N2O2/c1-23-5-13-27(14-6-23)21-37-33(29-17-9-25(3)10-18-29)31-32(35(37)39)34(30-19-11-26(4)12-20-30)38(36(31)40)22-28-15-7-24(2)8-16-28/h5-20H,21-22H2,1-4H3. The van der Waals surface area contributed by atoms with Crippen LogP contribution in [0.15, 0.2) is 108 Å². The molecule has 4 nitrogen and oxygen atoms in total. The molecule has 2 heterocycles. The van der Waals surface area contributed by atoms with Crippen molar-refractivity contribution in [1.82, 2.24) is 9.80 Å². The summed E-state index contributed by atoms with van der Waals surface area (Å²) in [4.78, 5) is 32.4. The Morgan fingerprint density at radius 3 is 1.00 bits per heavy atom. The first-order valence-electron chi connectivity index (χ1n) is 13.7. The number of hydrogen-bond acceptors (Lipinski definition) is 2. The number of aryl methyl sites for hydroxylation is 4. The predicted octanol–water partition coefficient (Wildman–Crippen LogP) is 7.13. The van der Waals surface area contributed by atoms with Gasteiger partial charge in [-0.1, -0.05) is 119 Å². The number of rotatable bonds is 6. The molecule has 0 aromatic heterocycles. The van der Waals surface area contributed by atoms with E-state index in [1.807, 2.05) is 62.4 Å². The monoisotopic (exact) mass is 524 g/mol. The molecular weight excluding hydrogens is 492 g/mol. The summed E-state index contributed by atoms with van der Waals surface area (Å²) >= 11 is 0. The summed E-state index contributed by atoms with van der Waals surface area (Å²) in [6.07, 6.45) is 0. The quantitative estimate of drug-likeness (QED) is 0.269. The highest BCUT2D eigenvalue weighted by Gasteiger charge is 2.48. The van der Waals surface area contributed by atoms with Gasteiger partial charge in [0, 0.05) is 0 Å². The highest BCUT2D eigenvalue weighted by atomic mass is 16.2. The van der Waals surface area contributed by atoms with Gasteiger partial charge in [0.1, 0.15) is 0 Å². The van der Waals surface area contributed by atoms with Gasteiger partial charge >= 0.3 is 0 Å². The number of amides is 2. The summed E-state index contributed by atoms with van der Waals surface area (Å²) < 4.78 is 0. The first-order valence-corrected chi connectivity index (χ1v) is 13.7. The molecule has 0 saturated carbocycles. The Bertz CT molecular complexity index is 1550. The minimum atomic E-state index is -0.138. The summed E-state index contributed by atoms with van der Waals surface area (Å²) in [6.45, 7) is 8.96. The fourth-order valence-corrected chi connectivity index (χ4v) is 5.47. The Morgan fingerprint density at radius 2 is 0.700 bits per heavy atom. The fourth-order valence-electron chi connectivity index (χ4n) is 5.47. The second-order valence-electron chi connectivity index (χ2n) is 10.9. The first-order chi connectivity index (χ1) is 19.3. The van der Waals surface area contributed by atoms with Crippen molar-refractivity contribution in [1.29, 1.82) is 0 Å². The largest absolute Gasteiger partial charge is 0.302 e. The highest BCUT2D eigenvalue weighted by molar-refractivity contribution is 6.30. The Morgan fingerprint density at radius 1 is 0.425 bits per heavy atom. The maximum absolute atomic E-state index is 14.4. The van der Waals surface area contributed by atoms with Crippen LogP contribution in [0.1, 0.15) is 44.5 Å². The van der Waals surface area contributed by atoms with Crippen molar-refractivity contribution in [2.24, 2.45) is 0 Å². The summed E-state index contributed by atoms with van der Waals surface area (Å²) in [7, 11) is 0. The van der Waals surface area contributed by atoms with E-state index < -0.39 is 0 Å². The molecule has 2 amide bonds. The van der Waals surface area contributed by atoms with Crippen molar-refractivity contribution < 1.29 is 9.59 Å². The smallest absolute Gasteiger partial charge is 0.261 e. The van der Waals surface area contributed by atoms with Gasteiger partial charge in [0.25, 0.3) is 11.8 Å². The Labute approximate surface area is 235 Å². The third-order valence-corrected chi connectivity index (χ3v) is 7.75. The van der Waals surface area contributed by atoms with Crippen molar-refractivity contribution in [3.05, 3.63) is 153 Å². The van der Waals surface area contributed by atoms with Crippen LogP contribution in [-0.2, 0) is 22.7 Å². The van der Waals surface area contributed by atoms with E-state index in [1.54, 1.807) is 9.80 Å². The lowest BCUT2D eigenvalue weighted by molar-refractivity contribution is -0.124. The molecule has 0 saturated heterocycles. The number of carbonyl (C=O) groups is 2. The van der Waals surface area contributed by atoms with Gasteiger partial charge in [-0.15, -0.1) is 0 Å². The van der Waals surface area contributed by atoms with Gasteiger partial charge < -0.3 is 9.80 Å². The zero-order chi connectivity index (χ0) is 28.0. The van der Waals surface area contributed by atoms with Crippen molar-refractivity contribution in [2.75, 3.05) is 0 Å². The zero-order valence-electron chi connectivity index (χ0n) is 23.4. The fraction of sp³-hybridized carbons (Fsp3) is 0.167. The molecule has 0 N–H and O–H groups in total. The van der Waals surface area contributed by atoms with E-state index in [9.17, 15) is 9.59 Å². The lowest BCUT2D eigenvalue weighted by Gasteiger charge is -2.26. The van der Waals surface area contributed by atoms with Crippen molar-refractivity contribution in [3.63, 3.8) is 0 Å². The SMILES string of the molecule is Cc1ccc(CN2C(=O)C3=C(c4ccc(C)cc4)N(Cc4ccc(C)cc4)C(=O)C3=C2c2ccc(C)cc2)cc1. The molecule has 0 atom stereocenters. The summed E-state index contributed by atoms with van der Waals surface area (Å²) in [5, 5.41) is 0. The Kier molecular flexibility index (Phi) is 6.47. The van der Waals surface area contributed by atoms with Gasteiger partial charge in [-0.05, 0) is 49.9 Å². The van der Waals surface area contributed by atoms with E-state index in [-0.39, 0.29) is 11.8 Å². The molecule has 198 valence electrons. The molecule has 40 heavy (non-hydrogen) atoms. The molecule has 0 bridgehead atoms. The van der Waals surface area contributed by atoms with Crippen molar-refractivity contribution >= 4 is 23.2 Å². The number of nitrogens with zero attached hydrogens (tertiary/aromatic N) is 2. The highest BCUT2D eigenvalue weighted by Crippen LogP contribution is 2.47. The molecule has 0 aliphatic carbocycles. The number of benzene rings is 4. The average Bonchev–Trinajstić information content (AvgIpc) is 3.38. The van der Waals surface area contributed by atoms with Crippen molar-refractivity contribution in [2.45, 2.75) is 40.8 Å². The van der Waals surface area contributed by atoms with E-state index in [2.05, 4.69) is 62.4 Å². The summed E-state index contributed by atoms with van der Waals surface area (Å²) in [5.74, 6) is -0.275. The predicted molar refractivity (Wildman–Crippen MR) is 160 cm³/mol. The third kappa shape index (κ3) is 4.56. The van der Waals surface area contributed by atoms with E-state index in [4.69, 9.17) is 0 Å². The zero-order valence-corrected chi connectivity index (χ0v) is 23.4. The minimum Gasteiger partial charge on any atom is -0.302 e. The average molecular weight is 525 g/mol. The van der Waals surface area contributed by atoms with Gasteiger partial charge in [-0.25, -0.2) is 0 Å². The van der Waals surface area contributed by atoms with E-state index in [0.717, 1.165) is 44.5 Å². The maximum atomic E-state index is 14.4. The molecule has 4 aromatic rings. The van der Waals surface area contributed by atoms with Crippen LogP contribution in [0.5, 0.6) is 0 Å². The van der Waals surface area contributed by atoms with Crippen LogP contribution in [0.3, 0.4) is 0 Å². The molecule has 0 radical (unpaired) electrons. The Balaban J connectivity index is 1.55. The van der Waals surface area contributed by atoms with Crippen LogP contribution >= 0.6 is 0 Å². The van der Waals surface area contributed by atoms with Gasteiger partial charge in [0.05, 0.1) is 35.6 Å². The first kappa shape index (κ1) is 25.6.